The Morgan fingerprint density at radius 1 is 1.43 bits per heavy atom. The highest BCUT2D eigenvalue weighted by molar-refractivity contribution is 5.05. The molecule has 112 valence electrons. The number of rotatable bonds is 3. The SMILES string of the molecule is Cc1noc([C@@H]2C[C@H]3OCC[C@H]3N(Cc3ccco3)C2)n1. The lowest BCUT2D eigenvalue weighted by Gasteiger charge is -2.39. The third kappa shape index (κ3) is 2.49. The summed E-state index contributed by atoms with van der Waals surface area (Å²) in [6, 6.07) is 4.42. The van der Waals surface area contributed by atoms with Crippen molar-refractivity contribution in [3.63, 3.8) is 0 Å². The average molecular weight is 289 g/mol. The van der Waals surface area contributed by atoms with Crippen LogP contribution in [0.4, 0.5) is 0 Å². The van der Waals surface area contributed by atoms with Crippen LogP contribution in [-0.2, 0) is 11.3 Å². The van der Waals surface area contributed by atoms with Gasteiger partial charge in [-0.15, -0.1) is 0 Å². The van der Waals surface area contributed by atoms with Gasteiger partial charge in [-0.3, -0.25) is 4.90 Å². The molecule has 2 aliphatic heterocycles. The zero-order valence-electron chi connectivity index (χ0n) is 12.1. The highest BCUT2D eigenvalue weighted by Crippen LogP contribution is 2.36. The van der Waals surface area contributed by atoms with Crippen LogP contribution in [0.25, 0.3) is 0 Å². The van der Waals surface area contributed by atoms with Crippen LogP contribution in [-0.4, -0.2) is 40.3 Å². The molecule has 0 aromatic carbocycles. The number of fused-ring (bicyclic) bond motifs is 1. The number of nitrogens with zero attached hydrogens (tertiary/aromatic N) is 3. The molecule has 4 heterocycles. The minimum absolute atomic E-state index is 0.237. The van der Waals surface area contributed by atoms with E-state index < -0.39 is 0 Å². The Hall–Kier alpha value is -1.66. The first kappa shape index (κ1) is 13.0. The number of likely N-dealkylation sites (tertiary alicyclic amines) is 1. The Labute approximate surface area is 123 Å². The lowest BCUT2D eigenvalue weighted by Crippen LogP contribution is -2.48. The minimum Gasteiger partial charge on any atom is -0.468 e. The van der Waals surface area contributed by atoms with Gasteiger partial charge in [0.05, 0.1) is 24.8 Å². The lowest BCUT2D eigenvalue weighted by atomic mass is 9.90. The standard InChI is InChI=1S/C15H19N3O3/c1-10-16-15(21-17-10)11-7-14-13(4-6-20-14)18(8-11)9-12-3-2-5-19-12/h2-3,5,11,13-14H,4,6-9H2,1H3/t11-,13-,14-/m1/s1. The summed E-state index contributed by atoms with van der Waals surface area (Å²) in [7, 11) is 0. The zero-order valence-corrected chi connectivity index (χ0v) is 12.1. The van der Waals surface area contributed by atoms with Crippen molar-refractivity contribution >= 4 is 0 Å². The van der Waals surface area contributed by atoms with Crippen molar-refractivity contribution in [3.05, 3.63) is 35.9 Å². The van der Waals surface area contributed by atoms with Crippen molar-refractivity contribution in [3.8, 4) is 0 Å². The van der Waals surface area contributed by atoms with E-state index in [9.17, 15) is 0 Å². The van der Waals surface area contributed by atoms with Crippen LogP contribution in [0, 0.1) is 6.92 Å². The molecular formula is C15H19N3O3. The van der Waals surface area contributed by atoms with Crippen LogP contribution in [0.15, 0.2) is 27.3 Å². The average Bonchev–Trinajstić information content (AvgIpc) is 3.18. The van der Waals surface area contributed by atoms with Crippen LogP contribution in [0.3, 0.4) is 0 Å². The molecule has 0 aliphatic carbocycles. The fourth-order valence-electron chi connectivity index (χ4n) is 3.50. The molecule has 2 fully saturated rings. The Morgan fingerprint density at radius 3 is 3.14 bits per heavy atom. The maximum Gasteiger partial charge on any atom is 0.231 e. The first-order valence-electron chi connectivity index (χ1n) is 7.48. The molecule has 0 bridgehead atoms. The van der Waals surface area contributed by atoms with E-state index in [-0.39, 0.29) is 12.0 Å². The van der Waals surface area contributed by atoms with E-state index in [2.05, 4.69) is 15.0 Å². The molecule has 6 nitrogen and oxygen atoms in total. The summed E-state index contributed by atoms with van der Waals surface area (Å²) in [5.41, 5.74) is 0. The maximum atomic E-state index is 5.90. The zero-order chi connectivity index (χ0) is 14.2. The topological polar surface area (TPSA) is 64.5 Å². The monoisotopic (exact) mass is 289 g/mol. The summed E-state index contributed by atoms with van der Waals surface area (Å²) >= 11 is 0. The number of piperidine rings is 1. The smallest absolute Gasteiger partial charge is 0.231 e. The second-order valence-corrected chi connectivity index (χ2v) is 5.89. The number of hydrogen-bond donors (Lipinski definition) is 0. The molecule has 2 aromatic rings. The van der Waals surface area contributed by atoms with E-state index in [1.54, 1.807) is 6.26 Å². The second kappa shape index (κ2) is 5.27. The number of furan rings is 1. The van der Waals surface area contributed by atoms with Gasteiger partial charge < -0.3 is 13.7 Å². The lowest BCUT2D eigenvalue weighted by molar-refractivity contribution is 0.00605. The van der Waals surface area contributed by atoms with E-state index in [1.165, 1.54) is 0 Å². The van der Waals surface area contributed by atoms with Crippen molar-refractivity contribution in [1.82, 2.24) is 15.0 Å². The van der Waals surface area contributed by atoms with E-state index in [0.717, 1.165) is 44.2 Å². The molecule has 0 saturated carbocycles. The number of aryl methyl sites for hydroxylation is 1. The quantitative estimate of drug-likeness (QED) is 0.862. The summed E-state index contributed by atoms with van der Waals surface area (Å²) in [4.78, 5) is 6.83. The van der Waals surface area contributed by atoms with E-state index in [4.69, 9.17) is 13.7 Å². The third-order valence-electron chi connectivity index (χ3n) is 4.45. The molecule has 0 radical (unpaired) electrons. The van der Waals surface area contributed by atoms with Crippen molar-refractivity contribution in [2.75, 3.05) is 13.2 Å². The molecule has 0 spiro atoms. The maximum absolute atomic E-state index is 5.90. The summed E-state index contributed by atoms with van der Waals surface area (Å²) in [6.45, 7) is 4.40. The molecule has 0 unspecified atom stereocenters. The van der Waals surface area contributed by atoms with Crippen LogP contribution in [0.5, 0.6) is 0 Å². The minimum atomic E-state index is 0.237. The Kier molecular flexibility index (Phi) is 3.27. The molecule has 2 aromatic heterocycles. The second-order valence-electron chi connectivity index (χ2n) is 5.89. The number of aromatic nitrogens is 2. The molecule has 2 saturated heterocycles. The van der Waals surface area contributed by atoms with Crippen molar-refractivity contribution in [2.45, 2.75) is 44.4 Å². The first-order valence-corrected chi connectivity index (χ1v) is 7.48. The van der Waals surface area contributed by atoms with Gasteiger partial charge in [-0.2, -0.15) is 4.98 Å². The van der Waals surface area contributed by atoms with E-state index in [1.807, 2.05) is 19.1 Å². The number of hydrogen-bond acceptors (Lipinski definition) is 6. The van der Waals surface area contributed by atoms with Gasteiger partial charge in [0.15, 0.2) is 5.82 Å². The van der Waals surface area contributed by atoms with Crippen LogP contribution in [0.2, 0.25) is 0 Å². The fraction of sp³-hybridized carbons (Fsp3) is 0.600. The molecule has 4 rings (SSSR count). The summed E-state index contributed by atoms with van der Waals surface area (Å²) < 4.78 is 16.8. The number of ether oxygens (including phenoxy) is 1. The van der Waals surface area contributed by atoms with Gasteiger partial charge in [0.1, 0.15) is 5.76 Å². The molecule has 2 aliphatic rings. The van der Waals surface area contributed by atoms with Crippen molar-refractivity contribution < 1.29 is 13.7 Å². The van der Waals surface area contributed by atoms with Gasteiger partial charge in [0.2, 0.25) is 5.89 Å². The van der Waals surface area contributed by atoms with Gasteiger partial charge in [-0.25, -0.2) is 0 Å². The van der Waals surface area contributed by atoms with Gasteiger partial charge in [-0.05, 0) is 31.9 Å². The van der Waals surface area contributed by atoms with Gasteiger partial charge in [-0.1, -0.05) is 5.16 Å². The summed E-state index contributed by atoms with van der Waals surface area (Å²) in [6.07, 6.45) is 4.02. The van der Waals surface area contributed by atoms with Gasteiger partial charge in [0.25, 0.3) is 0 Å². The Morgan fingerprint density at radius 2 is 2.38 bits per heavy atom. The normalized spacial score (nSPS) is 29.7. The third-order valence-corrected chi connectivity index (χ3v) is 4.45. The predicted molar refractivity (Wildman–Crippen MR) is 73.7 cm³/mol. The Balaban J connectivity index is 1.55. The highest BCUT2D eigenvalue weighted by Gasteiger charge is 2.42. The van der Waals surface area contributed by atoms with Crippen molar-refractivity contribution in [2.24, 2.45) is 0 Å². The largest absolute Gasteiger partial charge is 0.468 e. The first-order chi connectivity index (χ1) is 10.3. The van der Waals surface area contributed by atoms with Gasteiger partial charge in [0, 0.05) is 19.2 Å². The molecular weight excluding hydrogens is 270 g/mol. The molecule has 6 heteroatoms. The summed E-state index contributed by atoms with van der Waals surface area (Å²) in [5, 5.41) is 3.91. The highest BCUT2D eigenvalue weighted by atomic mass is 16.5. The van der Waals surface area contributed by atoms with E-state index in [0.29, 0.717) is 11.9 Å². The molecule has 0 N–H and O–H groups in total. The van der Waals surface area contributed by atoms with Gasteiger partial charge >= 0.3 is 0 Å². The van der Waals surface area contributed by atoms with Crippen molar-refractivity contribution in [1.29, 1.82) is 0 Å². The Bertz CT molecular complexity index is 595. The molecule has 3 atom stereocenters. The van der Waals surface area contributed by atoms with Crippen LogP contribution in [0.1, 0.15) is 36.2 Å². The van der Waals surface area contributed by atoms with E-state index >= 15 is 0 Å². The fourth-order valence-corrected chi connectivity index (χ4v) is 3.50. The molecule has 0 amide bonds. The predicted octanol–water partition coefficient (Wildman–Crippen LogP) is 2.12. The van der Waals surface area contributed by atoms with Crippen LogP contribution < -0.4 is 0 Å². The van der Waals surface area contributed by atoms with Crippen LogP contribution >= 0.6 is 0 Å². The summed E-state index contributed by atoms with van der Waals surface area (Å²) in [5.74, 6) is 2.64. The molecule has 21 heavy (non-hydrogen) atoms.